The third-order valence-electron chi connectivity index (χ3n) is 2.50. The van der Waals surface area contributed by atoms with Crippen LogP contribution in [-0.2, 0) is 6.42 Å². The average molecular weight is 243 g/mol. The van der Waals surface area contributed by atoms with Crippen LogP contribution in [0.5, 0.6) is 0 Å². The Morgan fingerprint density at radius 1 is 1.44 bits per heavy atom. The van der Waals surface area contributed by atoms with Gasteiger partial charge in [-0.15, -0.1) is 0 Å². The van der Waals surface area contributed by atoms with Gasteiger partial charge in [0, 0.05) is 18.7 Å². The molecule has 2 rings (SSSR count). The number of hydrogen-bond acceptors (Lipinski definition) is 6. The minimum atomic E-state index is 0.573. The maximum Gasteiger partial charge on any atom is 0.228 e. The van der Waals surface area contributed by atoms with E-state index in [1.807, 2.05) is 19.9 Å². The lowest BCUT2D eigenvalue weighted by molar-refractivity contribution is 0.380. The van der Waals surface area contributed by atoms with Crippen LogP contribution in [0.25, 0.3) is 0 Å². The van der Waals surface area contributed by atoms with Crippen LogP contribution in [-0.4, -0.2) is 21.7 Å². The zero-order chi connectivity index (χ0) is 13.0. The monoisotopic (exact) mass is 243 g/mol. The molecular formula is C12H13N5O. The van der Waals surface area contributed by atoms with Crippen molar-refractivity contribution in [2.75, 3.05) is 11.9 Å². The number of aryl methyl sites for hydroxylation is 2. The van der Waals surface area contributed by atoms with Gasteiger partial charge in [0.2, 0.25) is 5.89 Å². The highest BCUT2D eigenvalue weighted by Crippen LogP contribution is 2.18. The number of anilines is 1. The lowest BCUT2D eigenvalue weighted by atomic mass is 10.1. The highest BCUT2D eigenvalue weighted by atomic mass is 16.5. The molecule has 0 saturated carbocycles. The summed E-state index contributed by atoms with van der Waals surface area (Å²) in [5.74, 6) is 0.573. The first-order valence-electron chi connectivity index (χ1n) is 5.58. The summed E-state index contributed by atoms with van der Waals surface area (Å²) in [4.78, 5) is 8.19. The molecule has 2 heterocycles. The number of pyridine rings is 1. The van der Waals surface area contributed by atoms with E-state index in [0.717, 1.165) is 17.1 Å². The van der Waals surface area contributed by atoms with Gasteiger partial charge in [0.1, 0.15) is 6.07 Å². The molecule has 0 amide bonds. The predicted octanol–water partition coefficient (Wildman–Crippen LogP) is 1.61. The standard InChI is InChI=1S/C12H13N5O/c1-8-5-11(10(6-13)9(2)17-8)14-4-3-12-15-7-16-18-12/h5,7H,3-4H2,1-2H3,(H,14,17). The van der Waals surface area contributed by atoms with Gasteiger partial charge < -0.3 is 9.84 Å². The Kier molecular flexibility index (Phi) is 3.53. The number of nitrogens with zero attached hydrogens (tertiary/aromatic N) is 4. The van der Waals surface area contributed by atoms with E-state index in [-0.39, 0.29) is 0 Å². The second-order valence-corrected chi connectivity index (χ2v) is 3.90. The van der Waals surface area contributed by atoms with E-state index in [2.05, 4.69) is 26.5 Å². The minimum absolute atomic E-state index is 0.573. The summed E-state index contributed by atoms with van der Waals surface area (Å²) in [5.41, 5.74) is 2.98. The largest absolute Gasteiger partial charge is 0.383 e. The molecule has 0 aromatic carbocycles. The van der Waals surface area contributed by atoms with Crippen LogP contribution in [0.4, 0.5) is 5.69 Å². The van der Waals surface area contributed by atoms with Crippen LogP contribution in [0.1, 0.15) is 22.8 Å². The Morgan fingerprint density at radius 3 is 2.94 bits per heavy atom. The Bertz CT molecular complexity index is 571. The van der Waals surface area contributed by atoms with E-state index in [9.17, 15) is 0 Å². The molecule has 0 aliphatic carbocycles. The van der Waals surface area contributed by atoms with Gasteiger partial charge in [-0.1, -0.05) is 5.16 Å². The van der Waals surface area contributed by atoms with Crippen molar-refractivity contribution >= 4 is 5.69 Å². The van der Waals surface area contributed by atoms with Crippen molar-refractivity contribution in [2.45, 2.75) is 20.3 Å². The van der Waals surface area contributed by atoms with Crippen molar-refractivity contribution < 1.29 is 4.52 Å². The summed E-state index contributed by atoms with van der Waals surface area (Å²) in [6.45, 7) is 4.35. The van der Waals surface area contributed by atoms with Crippen LogP contribution in [0.3, 0.4) is 0 Å². The smallest absolute Gasteiger partial charge is 0.228 e. The maximum atomic E-state index is 9.10. The fourth-order valence-corrected chi connectivity index (χ4v) is 1.72. The SMILES string of the molecule is Cc1cc(NCCc2ncno2)c(C#N)c(C)n1. The highest BCUT2D eigenvalue weighted by molar-refractivity contribution is 5.59. The normalized spacial score (nSPS) is 10.1. The number of rotatable bonds is 4. The molecule has 6 nitrogen and oxygen atoms in total. The zero-order valence-electron chi connectivity index (χ0n) is 10.3. The van der Waals surface area contributed by atoms with Gasteiger partial charge in [-0.25, -0.2) is 0 Å². The molecule has 6 heteroatoms. The summed E-state index contributed by atoms with van der Waals surface area (Å²) < 4.78 is 4.90. The summed E-state index contributed by atoms with van der Waals surface area (Å²) in [6, 6.07) is 4.02. The molecule has 0 aliphatic heterocycles. The van der Waals surface area contributed by atoms with Crippen molar-refractivity contribution in [1.29, 1.82) is 5.26 Å². The Balaban J connectivity index is 2.07. The van der Waals surface area contributed by atoms with Crippen LogP contribution in [0, 0.1) is 25.2 Å². The Morgan fingerprint density at radius 2 is 2.28 bits per heavy atom. The topological polar surface area (TPSA) is 87.6 Å². The van der Waals surface area contributed by atoms with Crippen molar-refractivity contribution in [3.8, 4) is 6.07 Å². The van der Waals surface area contributed by atoms with E-state index in [1.54, 1.807) is 0 Å². The summed E-state index contributed by atoms with van der Waals surface area (Å²) in [7, 11) is 0. The molecule has 2 aromatic rings. The molecule has 2 aromatic heterocycles. The van der Waals surface area contributed by atoms with Gasteiger partial charge in [0.05, 0.1) is 16.9 Å². The van der Waals surface area contributed by atoms with Crippen molar-refractivity contribution in [3.05, 3.63) is 35.2 Å². The number of aromatic nitrogens is 3. The third kappa shape index (κ3) is 2.63. The molecule has 0 spiro atoms. The molecule has 18 heavy (non-hydrogen) atoms. The van der Waals surface area contributed by atoms with Gasteiger partial charge in [-0.2, -0.15) is 10.2 Å². The fraction of sp³-hybridized carbons (Fsp3) is 0.333. The third-order valence-corrected chi connectivity index (χ3v) is 2.50. The lowest BCUT2D eigenvalue weighted by Crippen LogP contribution is -2.08. The second-order valence-electron chi connectivity index (χ2n) is 3.90. The average Bonchev–Trinajstić information content (AvgIpc) is 2.81. The summed E-state index contributed by atoms with van der Waals surface area (Å²) in [6.07, 6.45) is 1.99. The molecule has 0 bridgehead atoms. The van der Waals surface area contributed by atoms with Crippen molar-refractivity contribution in [1.82, 2.24) is 15.1 Å². The molecule has 0 unspecified atom stereocenters. The molecule has 92 valence electrons. The number of hydrogen-bond donors (Lipinski definition) is 1. The Hall–Kier alpha value is -2.42. The molecule has 1 N–H and O–H groups in total. The van der Waals surface area contributed by atoms with E-state index in [0.29, 0.717) is 24.4 Å². The maximum absolute atomic E-state index is 9.10. The molecule has 0 aliphatic rings. The molecule has 0 atom stereocenters. The fourth-order valence-electron chi connectivity index (χ4n) is 1.72. The van der Waals surface area contributed by atoms with Crippen LogP contribution in [0.15, 0.2) is 16.9 Å². The van der Waals surface area contributed by atoms with Gasteiger partial charge in [-0.05, 0) is 19.9 Å². The van der Waals surface area contributed by atoms with E-state index < -0.39 is 0 Å². The first kappa shape index (κ1) is 12.0. The lowest BCUT2D eigenvalue weighted by Gasteiger charge is -2.09. The Labute approximate surface area is 105 Å². The van der Waals surface area contributed by atoms with Gasteiger partial charge in [-0.3, -0.25) is 4.98 Å². The molecule has 0 saturated heterocycles. The summed E-state index contributed by atoms with van der Waals surface area (Å²) >= 11 is 0. The highest BCUT2D eigenvalue weighted by Gasteiger charge is 2.08. The van der Waals surface area contributed by atoms with E-state index in [1.165, 1.54) is 6.33 Å². The van der Waals surface area contributed by atoms with Gasteiger partial charge >= 0.3 is 0 Å². The summed E-state index contributed by atoms with van der Waals surface area (Å²) in [5, 5.41) is 15.8. The van der Waals surface area contributed by atoms with Gasteiger partial charge in [0.15, 0.2) is 6.33 Å². The van der Waals surface area contributed by atoms with Crippen molar-refractivity contribution in [3.63, 3.8) is 0 Å². The quantitative estimate of drug-likeness (QED) is 0.877. The minimum Gasteiger partial charge on any atom is -0.383 e. The van der Waals surface area contributed by atoms with Crippen LogP contribution in [0.2, 0.25) is 0 Å². The number of nitriles is 1. The van der Waals surface area contributed by atoms with E-state index >= 15 is 0 Å². The molecule has 0 radical (unpaired) electrons. The van der Waals surface area contributed by atoms with Gasteiger partial charge in [0.25, 0.3) is 0 Å². The number of nitrogens with one attached hydrogen (secondary N) is 1. The predicted molar refractivity (Wildman–Crippen MR) is 64.9 cm³/mol. The first-order chi connectivity index (χ1) is 8.70. The zero-order valence-corrected chi connectivity index (χ0v) is 10.3. The van der Waals surface area contributed by atoms with E-state index in [4.69, 9.17) is 9.78 Å². The molecule has 0 fully saturated rings. The van der Waals surface area contributed by atoms with Crippen LogP contribution >= 0.6 is 0 Å². The molecular weight excluding hydrogens is 230 g/mol. The second kappa shape index (κ2) is 5.27. The van der Waals surface area contributed by atoms with Crippen molar-refractivity contribution in [2.24, 2.45) is 0 Å². The van der Waals surface area contributed by atoms with Crippen LogP contribution < -0.4 is 5.32 Å². The first-order valence-corrected chi connectivity index (χ1v) is 5.58.